The summed E-state index contributed by atoms with van der Waals surface area (Å²) in [4.78, 5) is 52.3. The molecule has 2 heterocycles. The minimum absolute atomic E-state index is 0.0241. The number of aromatic amines is 1. The molecule has 0 bridgehead atoms. The Balaban J connectivity index is 0.973. The molecular weight excluding hydrogens is 747 g/mol. The van der Waals surface area contributed by atoms with E-state index in [9.17, 15) is 14.7 Å². The molecule has 8 nitrogen and oxygen atoms in total. The predicted octanol–water partition coefficient (Wildman–Crippen LogP) is 11.4. The van der Waals surface area contributed by atoms with Crippen LogP contribution in [0.3, 0.4) is 0 Å². The van der Waals surface area contributed by atoms with Gasteiger partial charge in [-0.3, -0.25) is 14.4 Å². The van der Waals surface area contributed by atoms with Gasteiger partial charge in [0.1, 0.15) is 11.9 Å². The minimum atomic E-state index is -0.817. The Morgan fingerprint density at radius 2 is 1.57 bits per heavy atom. The number of carbonyl (C=O) groups is 3. The summed E-state index contributed by atoms with van der Waals surface area (Å²) in [7, 11) is 0. The van der Waals surface area contributed by atoms with E-state index in [0.717, 1.165) is 99.9 Å². The Morgan fingerprint density at radius 3 is 2.25 bits per heavy atom. The lowest BCUT2D eigenvalue weighted by atomic mass is 9.32. The van der Waals surface area contributed by atoms with Crippen LogP contribution in [-0.4, -0.2) is 50.5 Å². The first-order chi connectivity index (χ1) is 28.2. The molecule has 6 saturated carbocycles. The van der Waals surface area contributed by atoms with Crippen LogP contribution in [0.1, 0.15) is 156 Å². The standard InChI is InChI=1S/C52H73N3O5/c1-30(2)33-20-25-52(46(59)55-28-14-17-37(55)43-53-31(3)42(54-43)32-15-12-11-13-16-32)27-26-50(9)34(41(33)52)18-19-39-49(8)23-22-40(48(6,7)38(49)21-24-51(39,50)10)60-45(58)36-29-35(44(56)57)47(36,4)5/h11-13,15-16,33-41H,1,14,17-29H2,2-10H3,(H,53,54)(H,56,57)/t33-,34+,35-,36+,37-,38-,39+,40-,41+,49?,50+,51+,52-/m0/s1. The van der Waals surface area contributed by atoms with Crippen LogP contribution in [0.5, 0.6) is 0 Å². The topological polar surface area (TPSA) is 113 Å². The third-order valence-corrected chi connectivity index (χ3v) is 20.3. The average Bonchev–Trinajstić information content (AvgIpc) is 3.93. The number of aliphatic carboxylic acids is 1. The maximum absolute atomic E-state index is 15.6. The van der Waals surface area contributed by atoms with E-state index in [0.29, 0.717) is 41.9 Å². The van der Waals surface area contributed by atoms with Crippen molar-refractivity contribution < 1.29 is 24.2 Å². The lowest BCUT2D eigenvalue weighted by Crippen LogP contribution is -2.67. The van der Waals surface area contributed by atoms with Crippen molar-refractivity contribution in [2.75, 3.05) is 6.54 Å². The van der Waals surface area contributed by atoms with Crippen LogP contribution in [0.4, 0.5) is 0 Å². The number of nitrogens with zero attached hydrogens (tertiary/aromatic N) is 2. The number of imidazole rings is 1. The fourth-order valence-corrected chi connectivity index (χ4v) is 16.8. The SMILES string of the molecule is C=C(C)[C@@H]1CC[C@]2(C(=O)N3CCC[C@H]3c3nc(-c4ccccc4)c(C)[nH]3)CC[C@]3(C)[C@H](CC[C@@H]4C5(C)CC[C@H](OC(=O)[C@H]6C[C@@H](C(=O)O)C6(C)C)C(C)(C)[C@@H]5CC[C@]43C)[C@@H]12. The van der Waals surface area contributed by atoms with Crippen LogP contribution >= 0.6 is 0 Å². The number of allylic oxidation sites excluding steroid dienone is 1. The first kappa shape index (κ1) is 41.9. The molecule has 9 rings (SSSR count). The lowest BCUT2D eigenvalue weighted by Gasteiger charge is -2.73. The highest BCUT2D eigenvalue weighted by Crippen LogP contribution is 2.78. The van der Waals surface area contributed by atoms with Gasteiger partial charge >= 0.3 is 11.9 Å². The molecule has 2 aromatic rings. The Labute approximate surface area is 359 Å². The molecule has 7 aliphatic rings. The van der Waals surface area contributed by atoms with Gasteiger partial charge in [0.15, 0.2) is 0 Å². The number of aryl methyl sites for hydroxylation is 1. The van der Waals surface area contributed by atoms with E-state index < -0.39 is 17.3 Å². The molecule has 1 aromatic carbocycles. The molecule has 326 valence electrons. The molecule has 8 heteroatoms. The van der Waals surface area contributed by atoms with Crippen molar-refractivity contribution in [2.24, 2.45) is 73.9 Å². The number of H-pyrrole nitrogens is 1. The van der Waals surface area contributed by atoms with Crippen LogP contribution in [0.2, 0.25) is 0 Å². The van der Waals surface area contributed by atoms with Crippen molar-refractivity contribution in [1.29, 1.82) is 0 Å². The molecular formula is C52H73N3O5. The molecule has 1 amide bonds. The number of hydrogen-bond acceptors (Lipinski definition) is 5. The van der Waals surface area contributed by atoms with Gasteiger partial charge in [-0.2, -0.15) is 0 Å². The number of likely N-dealkylation sites (tertiary alicyclic amines) is 1. The van der Waals surface area contributed by atoms with Gasteiger partial charge in [-0.15, -0.1) is 0 Å². The average molecular weight is 820 g/mol. The van der Waals surface area contributed by atoms with E-state index >= 15 is 4.79 Å². The summed E-state index contributed by atoms with van der Waals surface area (Å²) in [6, 6.07) is 10.4. The molecule has 1 aliphatic heterocycles. The van der Waals surface area contributed by atoms with Gasteiger partial charge in [0.25, 0.3) is 0 Å². The fourth-order valence-electron chi connectivity index (χ4n) is 16.8. The van der Waals surface area contributed by atoms with E-state index in [1.165, 1.54) is 12.0 Å². The monoisotopic (exact) mass is 820 g/mol. The van der Waals surface area contributed by atoms with Crippen molar-refractivity contribution in [2.45, 2.75) is 158 Å². The van der Waals surface area contributed by atoms with Crippen molar-refractivity contribution >= 4 is 17.8 Å². The van der Waals surface area contributed by atoms with E-state index in [1.807, 2.05) is 19.9 Å². The number of amides is 1. The summed E-state index contributed by atoms with van der Waals surface area (Å²) in [6.45, 7) is 26.2. The highest BCUT2D eigenvalue weighted by Gasteiger charge is 2.72. The number of esters is 1. The van der Waals surface area contributed by atoms with Crippen molar-refractivity contribution in [1.82, 2.24) is 14.9 Å². The van der Waals surface area contributed by atoms with Gasteiger partial charge in [0.2, 0.25) is 5.91 Å². The minimum Gasteiger partial charge on any atom is -0.481 e. The Morgan fingerprint density at radius 1 is 0.833 bits per heavy atom. The first-order valence-corrected chi connectivity index (χ1v) is 23.7. The van der Waals surface area contributed by atoms with Crippen LogP contribution in [0.15, 0.2) is 42.5 Å². The lowest BCUT2D eigenvalue weighted by molar-refractivity contribution is -0.251. The molecule has 1 saturated heterocycles. The Kier molecular flexibility index (Phi) is 9.81. The number of carbonyl (C=O) groups excluding carboxylic acids is 2. The van der Waals surface area contributed by atoms with Crippen LogP contribution in [-0.2, 0) is 19.1 Å². The van der Waals surface area contributed by atoms with Gasteiger partial charge < -0.3 is 19.7 Å². The van der Waals surface area contributed by atoms with Crippen LogP contribution in [0, 0.1) is 80.8 Å². The molecule has 13 atom stereocenters. The van der Waals surface area contributed by atoms with Gasteiger partial charge in [-0.1, -0.05) is 91.0 Å². The number of hydrogen-bond donors (Lipinski definition) is 2. The maximum atomic E-state index is 15.6. The number of fused-ring (bicyclic) bond motifs is 7. The summed E-state index contributed by atoms with van der Waals surface area (Å²) < 4.78 is 6.47. The summed E-state index contributed by atoms with van der Waals surface area (Å²) >= 11 is 0. The third-order valence-electron chi connectivity index (χ3n) is 20.3. The molecule has 60 heavy (non-hydrogen) atoms. The number of carboxylic acids is 1. The normalized spacial score (nSPS) is 42.5. The predicted molar refractivity (Wildman–Crippen MR) is 234 cm³/mol. The zero-order valence-electron chi connectivity index (χ0n) is 38.2. The summed E-state index contributed by atoms with van der Waals surface area (Å²) in [5, 5.41) is 9.71. The number of rotatable bonds is 7. The van der Waals surface area contributed by atoms with Crippen LogP contribution in [0.25, 0.3) is 11.3 Å². The summed E-state index contributed by atoms with van der Waals surface area (Å²) in [6.07, 6.45) is 12.7. The second kappa shape index (κ2) is 14.0. The number of ether oxygens (including phenoxy) is 1. The fraction of sp³-hybridized carbons (Fsp3) is 0.731. The highest BCUT2D eigenvalue weighted by molar-refractivity contribution is 5.85. The number of nitrogens with one attached hydrogen (secondary N) is 1. The highest BCUT2D eigenvalue weighted by atomic mass is 16.5. The second-order valence-corrected chi connectivity index (χ2v) is 23.2. The molecule has 2 N–H and O–H groups in total. The summed E-state index contributed by atoms with van der Waals surface area (Å²) in [5.41, 5.74) is 3.62. The molecule has 0 spiro atoms. The number of carboxylic acid groups (broad SMARTS) is 1. The van der Waals surface area contributed by atoms with E-state index in [4.69, 9.17) is 9.72 Å². The smallest absolute Gasteiger partial charge is 0.309 e. The quantitative estimate of drug-likeness (QED) is 0.212. The van der Waals surface area contributed by atoms with Crippen molar-refractivity contribution in [3.8, 4) is 11.3 Å². The van der Waals surface area contributed by atoms with Gasteiger partial charge in [0, 0.05) is 23.2 Å². The number of aromatic nitrogens is 2. The van der Waals surface area contributed by atoms with E-state index in [2.05, 4.69) is 89.2 Å². The Hall–Kier alpha value is -3.42. The summed E-state index contributed by atoms with van der Waals surface area (Å²) in [5.74, 6) is 1.54. The molecule has 7 fully saturated rings. The molecule has 1 unspecified atom stereocenters. The molecule has 6 aliphatic carbocycles. The third kappa shape index (κ3) is 5.72. The van der Waals surface area contributed by atoms with Gasteiger partial charge in [-0.25, -0.2) is 4.98 Å². The zero-order chi connectivity index (χ0) is 42.9. The van der Waals surface area contributed by atoms with Crippen molar-refractivity contribution in [3.05, 3.63) is 54.0 Å². The maximum Gasteiger partial charge on any atom is 0.309 e. The molecule has 1 aromatic heterocycles. The van der Waals surface area contributed by atoms with E-state index in [-0.39, 0.29) is 51.1 Å². The first-order valence-electron chi connectivity index (χ1n) is 23.7. The van der Waals surface area contributed by atoms with Gasteiger partial charge in [0.05, 0.1) is 29.0 Å². The second-order valence-electron chi connectivity index (χ2n) is 23.2. The zero-order valence-corrected chi connectivity index (χ0v) is 38.2. The number of benzene rings is 1. The van der Waals surface area contributed by atoms with Crippen molar-refractivity contribution in [3.63, 3.8) is 0 Å². The Bertz CT molecular complexity index is 2070. The van der Waals surface area contributed by atoms with Gasteiger partial charge in [-0.05, 0) is 149 Å². The largest absolute Gasteiger partial charge is 0.481 e. The van der Waals surface area contributed by atoms with E-state index in [1.54, 1.807) is 0 Å². The molecule has 0 radical (unpaired) electrons. The van der Waals surface area contributed by atoms with Crippen LogP contribution < -0.4 is 0 Å².